The van der Waals surface area contributed by atoms with E-state index in [1.165, 1.54) is 44.5 Å². The fraction of sp³-hybridized carbons (Fsp3) is 0.625. The van der Waals surface area contributed by atoms with Crippen molar-refractivity contribution in [3.63, 3.8) is 0 Å². The largest absolute Gasteiger partial charge is 0.388 e. The van der Waals surface area contributed by atoms with Crippen LogP contribution in [-0.4, -0.2) is 29.6 Å². The molecule has 0 bridgehead atoms. The fourth-order valence-corrected chi connectivity index (χ4v) is 3.67. The van der Waals surface area contributed by atoms with Crippen molar-refractivity contribution < 1.29 is 9.50 Å². The summed E-state index contributed by atoms with van der Waals surface area (Å²) in [6, 6.07) is 6.19. The van der Waals surface area contributed by atoms with Crippen molar-refractivity contribution in [2.24, 2.45) is 11.8 Å². The van der Waals surface area contributed by atoms with Gasteiger partial charge in [0.2, 0.25) is 0 Å². The molecule has 0 radical (unpaired) electrons. The molecule has 3 atom stereocenters. The van der Waals surface area contributed by atoms with E-state index in [4.69, 9.17) is 0 Å². The summed E-state index contributed by atoms with van der Waals surface area (Å²) in [4.78, 5) is 2.49. The van der Waals surface area contributed by atoms with E-state index in [1.807, 2.05) is 0 Å². The van der Waals surface area contributed by atoms with Gasteiger partial charge in [0.05, 0.1) is 6.10 Å². The summed E-state index contributed by atoms with van der Waals surface area (Å²) in [5.41, 5.74) is 0.820. The Kier molecular flexibility index (Phi) is 3.85. The van der Waals surface area contributed by atoms with E-state index in [1.54, 1.807) is 12.1 Å². The normalized spacial score (nSPS) is 28.5. The topological polar surface area (TPSA) is 23.5 Å². The first-order chi connectivity index (χ1) is 9.22. The Morgan fingerprint density at radius 1 is 1.16 bits per heavy atom. The van der Waals surface area contributed by atoms with Gasteiger partial charge in [-0.25, -0.2) is 4.39 Å². The average Bonchev–Trinajstić information content (AvgIpc) is 2.97. The Morgan fingerprint density at radius 3 is 2.42 bits per heavy atom. The summed E-state index contributed by atoms with van der Waals surface area (Å²) >= 11 is 0. The van der Waals surface area contributed by atoms with Crippen LogP contribution in [0.3, 0.4) is 0 Å². The van der Waals surface area contributed by atoms with Gasteiger partial charge in [0.15, 0.2) is 0 Å². The first-order valence-electron chi connectivity index (χ1n) is 7.38. The highest BCUT2D eigenvalue weighted by Gasteiger charge is 2.35. The number of benzene rings is 1. The smallest absolute Gasteiger partial charge is 0.123 e. The van der Waals surface area contributed by atoms with Crippen molar-refractivity contribution in [2.45, 2.75) is 31.8 Å². The molecule has 2 fully saturated rings. The Bertz CT molecular complexity index is 407. The van der Waals surface area contributed by atoms with Crippen LogP contribution in [0.4, 0.5) is 4.39 Å². The zero-order valence-electron chi connectivity index (χ0n) is 11.3. The lowest BCUT2D eigenvalue weighted by Gasteiger charge is -2.19. The van der Waals surface area contributed by atoms with Crippen molar-refractivity contribution in [3.05, 3.63) is 35.6 Å². The molecule has 19 heavy (non-hydrogen) atoms. The van der Waals surface area contributed by atoms with Crippen molar-refractivity contribution >= 4 is 0 Å². The summed E-state index contributed by atoms with van der Waals surface area (Å²) in [6.45, 7) is 3.37. The minimum atomic E-state index is -0.471. The van der Waals surface area contributed by atoms with E-state index in [0.717, 1.165) is 30.4 Å². The van der Waals surface area contributed by atoms with Crippen LogP contribution in [0, 0.1) is 17.7 Å². The number of hydrogen-bond acceptors (Lipinski definition) is 2. The van der Waals surface area contributed by atoms with Gasteiger partial charge in [-0.1, -0.05) is 18.6 Å². The molecule has 3 heteroatoms. The molecular formula is C16H22FNO. The second-order valence-corrected chi connectivity index (χ2v) is 6.07. The van der Waals surface area contributed by atoms with Crippen LogP contribution in [0.15, 0.2) is 24.3 Å². The van der Waals surface area contributed by atoms with E-state index in [2.05, 4.69) is 4.90 Å². The maximum Gasteiger partial charge on any atom is 0.123 e. The average molecular weight is 263 g/mol. The molecule has 0 spiro atoms. The first-order valence-corrected chi connectivity index (χ1v) is 7.38. The lowest BCUT2D eigenvalue weighted by atomic mass is 10.0. The Labute approximate surface area is 114 Å². The molecule has 1 aromatic rings. The molecule has 0 amide bonds. The third-order valence-electron chi connectivity index (χ3n) is 4.78. The van der Waals surface area contributed by atoms with E-state index < -0.39 is 6.10 Å². The Balaban J connectivity index is 1.48. The van der Waals surface area contributed by atoms with Crippen LogP contribution in [0.1, 0.15) is 37.4 Å². The van der Waals surface area contributed by atoms with Gasteiger partial charge in [0.1, 0.15) is 5.82 Å². The molecule has 1 saturated carbocycles. The van der Waals surface area contributed by atoms with Gasteiger partial charge in [-0.05, 0) is 48.8 Å². The van der Waals surface area contributed by atoms with Gasteiger partial charge in [0.25, 0.3) is 0 Å². The molecule has 1 N–H and O–H groups in total. The number of halogens is 1. The third-order valence-corrected chi connectivity index (χ3v) is 4.78. The Morgan fingerprint density at radius 2 is 1.79 bits per heavy atom. The van der Waals surface area contributed by atoms with Crippen LogP contribution >= 0.6 is 0 Å². The summed E-state index contributed by atoms with van der Waals surface area (Å²) in [5.74, 6) is 1.56. The third kappa shape index (κ3) is 2.98. The second kappa shape index (κ2) is 5.59. The van der Waals surface area contributed by atoms with Crippen LogP contribution in [0.25, 0.3) is 0 Å². The minimum Gasteiger partial charge on any atom is -0.388 e. The van der Waals surface area contributed by atoms with E-state index >= 15 is 0 Å². The second-order valence-electron chi connectivity index (χ2n) is 6.07. The number of aliphatic hydroxyl groups is 1. The number of fused-ring (bicyclic) bond motifs is 1. The standard InChI is InChI=1S/C16H22FNO/c17-15-6-4-12(5-7-15)16(19)8-9-18-10-13-2-1-3-14(13)11-18/h4-7,13-14,16,19H,1-3,8-11H2. The number of nitrogens with zero attached hydrogens (tertiary/aromatic N) is 1. The fourth-order valence-electron chi connectivity index (χ4n) is 3.67. The van der Waals surface area contributed by atoms with Gasteiger partial charge >= 0.3 is 0 Å². The molecule has 0 aromatic heterocycles. The van der Waals surface area contributed by atoms with Gasteiger partial charge < -0.3 is 10.0 Å². The van der Waals surface area contributed by atoms with Crippen LogP contribution < -0.4 is 0 Å². The highest BCUT2D eigenvalue weighted by molar-refractivity contribution is 5.18. The molecule has 1 aliphatic heterocycles. The van der Waals surface area contributed by atoms with Crippen molar-refractivity contribution in [1.29, 1.82) is 0 Å². The van der Waals surface area contributed by atoms with Gasteiger partial charge in [-0.15, -0.1) is 0 Å². The SMILES string of the molecule is OC(CCN1CC2CCCC2C1)c1ccc(F)cc1. The van der Waals surface area contributed by atoms with Gasteiger partial charge in [-0.3, -0.25) is 0 Å². The highest BCUT2D eigenvalue weighted by Crippen LogP contribution is 2.37. The number of likely N-dealkylation sites (tertiary alicyclic amines) is 1. The quantitative estimate of drug-likeness (QED) is 0.902. The summed E-state index contributed by atoms with van der Waals surface area (Å²) < 4.78 is 12.8. The maximum atomic E-state index is 12.8. The predicted octanol–water partition coefficient (Wildman–Crippen LogP) is 2.98. The summed E-state index contributed by atoms with van der Waals surface area (Å²) in [6.07, 6.45) is 4.46. The molecular weight excluding hydrogens is 241 g/mol. The van der Waals surface area contributed by atoms with E-state index in [0.29, 0.717) is 0 Å². The van der Waals surface area contributed by atoms with E-state index in [9.17, 15) is 9.50 Å². The zero-order valence-corrected chi connectivity index (χ0v) is 11.3. The molecule has 3 rings (SSSR count). The summed E-state index contributed by atoms with van der Waals surface area (Å²) in [5, 5.41) is 10.1. The van der Waals surface area contributed by atoms with Crippen molar-refractivity contribution in [3.8, 4) is 0 Å². The van der Waals surface area contributed by atoms with Crippen LogP contribution in [0.5, 0.6) is 0 Å². The maximum absolute atomic E-state index is 12.8. The van der Waals surface area contributed by atoms with Crippen molar-refractivity contribution in [1.82, 2.24) is 4.90 Å². The molecule has 1 heterocycles. The molecule has 2 nitrogen and oxygen atoms in total. The lowest BCUT2D eigenvalue weighted by molar-refractivity contribution is 0.146. The lowest BCUT2D eigenvalue weighted by Crippen LogP contribution is -2.24. The van der Waals surface area contributed by atoms with Gasteiger partial charge in [-0.2, -0.15) is 0 Å². The molecule has 1 aliphatic carbocycles. The van der Waals surface area contributed by atoms with Gasteiger partial charge in [0, 0.05) is 19.6 Å². The molecule has 104 valence electrons. The number of aliphatic hydroxyl groups excluding tert-OH is 1. The zero-order chi connectivity index (χ0) is 13.2. The molecule has 2 aliphatic rings. The Hall–Kier alpha value is -0.930. The monoisotopic (exact) mass is 263 g/mol. The number of rotatable bonds is 4. The first kappa shape index (κ1) is 13.1. The van der Waals surface area contributed by atoms with Crippen LogP contribution in [-0.2, 0) is 0 Å². The highest BCUT2D eigenvalue weighted by atomic mass is 19.1. The number of hydrogen-bond donors (Lipinski definition) is 1. The molecule has 1 aromatic carbocycles. The van der Waals surface area contributed by atoms with E-state index in [-0.39, 0.29) is 5.82 Å². The summed E-state index contributed by atoms with van der Waals surface area (Å²) in [7, 11) is 0. The van der Waals surface area contributed by atoms with Crippen molar-refractivity contribution in [2.75, 3.05) is 19.6 Å². The molecule has 3 unspecified atom stereocenters. The predicted molar refractivity (Wildman–Crippen MR) is 73.2 cm³/mol. The molecule has 1 saturated heterocycles. The minimum absolute atomic E-state index is 0.247. The van der Waals surface area contributed by atoms with Crippen LogP contribution in [0.2, 0.25) is 0 Å².